The summed E-state index contributed by atoms with van der Waals surface area (Å²) in [4.78, 5) is 24.1. The van der Waals surface area contributed by atoms with Crippen LogP contribution in [0.1, 0.15) is 33.2 Å². The number of ether oxygens (including phenoxy) is 2. The molecule has 128 valence electrons. The number of esters is 1. The van der Waals surface area contributed by atoms with Crippen LogP contribution in [0.2, 0.25) is 0 Å². The first kappa shape index (κ1) is 16.8. The van der Waals surface area contributed by atoms with E-state index in [2.05, 4.69) is 0 Å². The largest absolute Gasteiger partial charge is 0.496 e. The molecule has 5 nitrogen and oxygen atoms in total. The van der Waals surface area contributed by atoms with Crippen LogP contribution >= 0.6 is 0 Å². The predicted molar refractivity (Wildman–Crippen MR) is 95.0 cm³/mol. The molecule has 0 amide bonds. The highest BCUT2D eigenvalue weighted by Gasteiger charge is 2.16. The highest BCUT2D eigenvalue weighted by atomic mass is 16.5. The molecule has 0 fully saturated rings. The van der Waals surface area contributed by atoms with E-state index in [0.29, 0.717) is 22.4 Å². The maximum Gasteiger partial charge on any atom is 0.340 e. The van der Waals surface area contributed by atoms with Crippen molar-refractivity contribution in [2.45, 2.75) is 13.5 Å². The first-order chi connectivity index (χ1) is 12.0. The molecule has 0 aliphatic carbocycles. The second-order valence-electron chi connectivity index (χ2n) is 5.83. The third-order valence-corrected chi connectivity index (χ3v) is 4.16. The fourth-order valence-electron chi connectivity index (χ4n) is 2.84. The molecule has 0 N–H and O–H groups in total. The van der Waals surface area contributed by atoms with Crippen molar-refractivity contribution in [2.24, 2.45) is 7.05 Å². The Balaban J connectivity index is 1.84. The Morgan fingerprint density at radius 2 is 1.88 bits per heavy atom. The molecule has 0 bridgehead atoms. The molecule has 0 unspecified atom stereocenters. The van der Waals surface area contributed by atoms with Crippen LogP contribution in [0.4, 0.5) is 0 Å². The SMILES string of the molecule is COc1ccc(C(C)=O)cc1COC(=O)c1cn(C)c2ccccc12. The van der Waals surface area contributed by atoms with E-state index in [1.807, 2.05) is 35.9 Å². The van der Waals surface area contributed by atoms with Crippen molar-refractivity contribution >= 4 is 22.7 Å². The molecular weight excluding hydrogens is 318 g/mol. The molecule has 2 aromatic carbocycles. The van der Waals surface area contributed by atoms with E-state index < -0.39 is 5.97 Å². The second kappa shape index (κ2) is 6.81. The Morgan fingerprint density at radius 1 is 1.12 bits per heavy atom. The van der Waals surface area contributed by atoms with Gasteiger partial charge in [0.05, 0.1) is 12.7 Å². The molecule has 5 heteroatoms. The average molecular weight is 337 g/mol. The van der Waals surface area contributed by atoms with Gasteiger partial charge in [-0.05, 0) is 31.2 Å². The molecule has 0 radical (unpaired) electrons. The summed E-state index contributed by atoms with van der Waals surface area (Å²) in [5.74, 6) is 0.118. The van der Waals surface area contributed by atoms with E-state index in [-0.39, 0.29) is 12.4 Å². The van der Waals surface area contributed by atoms with Crippen LogP contribution in [0.25, 0.3) is 10.9 Å². The van der Waals surface area contributed by atoms with Crippen molar-refractivity contribution in [3.8, 4) is 5.75 Å². The number of nitrogens with zero attached hydrogens (tertiary/aromatic N) is 1. The van der Waals surface area contributed by atoms with Gasteiger partial charge >= 0.3 is 5.97 Å². The summed E-state index contributed by atoms with van der Waals surface area (Å²) in [5, 5.41) is 0.847. The Labute approximate surface area is 145 Å². The summed E-state index contributed by atoms with van der Waals surface area (Å²) in [6, 6.07) is 12.7. The lowest BCUT2D eigenvalue weighted by Crippen LogP contribution is -2.06. The van der Waals surface area contributed by atoms with E-state index >= 15 is 0 Å². The number of aryl methyl sites for hydroxylation is 1. The van der Waals surface area contributed by atoms with Crippen LogP contribution in [-0.4, -0.2) is 23.4 Å². The lowest BCUT2D eigenvalue weighted by Gasteiger charge is -2.10. The minimum Gasteiger partial charge on any atom is -0.496 e. The maximum absolute atomic E-state index is 12.5. The van der Waals surface area contributed by atoms with Crippen LogP contribution in [0.15, 0.2) is 48.7 Å². The smallest absolute Gasteiger partial charge is 0.340 e. The molecule has 0 spiro atoms. The van der Waals surface area contributed by atoms with Gasteiger partial charge in [0, 0.05) is 35.3 Å². The number of benzene rings is 2. The molecule has 0 aliphatic heterocycles. The Hall–Kier alpha value is -3.08. The Morgan fingerprint density at radius 3 is 2.60 bits per heavy atom. The number of aromatic nitrogens is 1. The summed E-state index contributed by atoms with van der Waals surface area (Å²) < 4.78 is 12.6. The van der Waals surface area contributed by atoms with Crippen molar-refractivity contribution in [2.75, 3.05) is 7.11 Å². The van der Waals surface area contributed by atoms with Gasteiger partial charge in [-0.25, -0.2) is 4.79 Å². The number of Topliss-reactive ketones (excluding diaryl/α,β-unsaturated/α-hetero) is 1. The molecular formula is C20H19NO4. The topological polar surface area (TPSA) is 57.5 Å². The van der Waals surface area contributed by atoms with Crippen molar-refractivity contribution in [1.29, 1.82) is 0 Å². The van der Waals surface area contributed by atoms with Gasteiger partial charge < -0.3 is 14.0 Å². The molecule has 0 aliphatic rings. The first-order valence-corrected chi connectivity index (χ1v) is 7.90. The summed E-state index contributed by atoms with van der Waals surface area (Å²) in [6.45, 7) is 1.53. The standard InChI is InChI=1S/C20H19NO4/c1-13(22)14-8-9-19(24-3)15(10-14)12-25-20(23)17-11-21(2)18-7-5-4-6-16(17)18/h4-11H,12H2,1-3H3. The number of carbonyl (C=O) groups is 2. The van der Waals surface area contributed by atoms with E-state index in [9.17, 15) is 9.59 Å². The van der Waals surface area contributed by atoms with E-state index in [4.69, 9.17) is 9.47 Å². The number of hydrogen-bond donors (Lipinski definition) is 0. The number of hydrogen-bond acceptors (Lipinski definition) is 4. The third-order valence-electron chi connectivity index (χ3n) is 4.16. The summed E-state index contributed by atoms with van der Waals surface area (Å²) in [7, 11) is 3.43. The lowest BCUT2D eigenvalue weighted by atomic mass is 10.1. The summed E-state index contributed by atoms with van der Waals surface area (Å²) in [6.07, 6.45) is 1.76. The number of ketones is 1. The normalized spacial score (nSPS) is 10.7. The molecule has 0 atom stereocenters. The van der Waals surface area contributed by atoms with Gasteiger partial charge in [-0.3, -0.25) is 4.79 Å². The van der Waals surface area contributed by atoms with Crippen LogP contribution in [0.5, 0.6) is 5.75 Å². The highest BCUT2D eigenvalue weighted by Crippen LogP contribution is 2.24. The molecule has 0 saturated carbocycles. The van der Waals surface area contributed by atoms with E-state index in [1.54, 1.807) is 31.5 Å². The van der Waals surface area contributed by atoms with Gasteiger partial charge in [0.1, 0.15) is 12.4 Å². The third kappa shape index (κ3) is 3.26. The molecule has 1 heterocycles. The molecule has 3 aromatic rings. The van der Waals surface area contributed by atoms with Crippen molar-refractivity contribution in [1.82, 2.24) is 4.57 Å². The quantitative estimate of drug-likeness (QED) is 0.525. The zero-order valence-corrected chi connectivity index (χ0v) is 14.4. The van der Waals surface area contributed by atoms with Crippen molar-refractivity contribution in [3.05, 3.63) is 65.4 Å². The van der Waals surface area contributed by atoms with Gasteiger partial charge in [-0.2, -0.15) is 0 Å². The van der Waals surface area contributed by atoms with Gasteiger partial charge in [0.15, 0.2) is 5.78 Å². The fourth-order valence-corrected chi connectivity index (χ4v) is 2.84. The monoisotopic (exact) mass is 337 g/mol. The van der Waals surface area contributed by atoms with Gasteiger partial charge in [-0.1, -0.05) is 18.2 Å². The minimum absolute atomic E-state index is 0.0341. The number of carbonyl (C=O) groups excluding carboxylic acids is 2. The van der Waals surface area contributed by atoms with E-state index in [0.717, 1.165) is 10.9 Å². The first-order valence-electron chi connectivity index (χ1n) is 7.90. The zero-order chi connectivity index (χ0) is 18.0. The van der Waals surface area contributed by atoms with Crippen LogP contribution in [0.3, 0.4) is 0 Å². The molecule has 1 aromatic heterocycles. The van der Waals surface area contributed by atoms with Gasteiger partial charge in [0.25, 0.3) is 0 Å². The van der Waals surface area contributed by atoms with Gasteiger partial charge in [-0.15, -0.1) is 0 Å². The molecule has 3 rings (SSSR count). The van der Waals surface area contributed by atoms with Crippen LogP contribution < -0.4 is 4.74 Å². The Kier molecular flexibility index (Phi) is 4.57. The number of para-hydroxylation sites is 1. The summed E-state index contributed by atoms with van der Waals surface area (Å²) in [5.41, 5.74) is 2.69. The number of rotatable bonds is 5. The second-order valence-corrected chi connectivity index (χ2v) is 5.83. The average Bonchev–Trinajstić information content (AvgIpc) is 2.96. The Bertz CT molecular complexity index is 955. The van der Waals surface area contributed by atoms with Gasteiger partial charge in [0.2, 0.25) is 0 Å². The fraction of sp³-hybridized carbons (Fsp3) is 0.200. The molecule has 25 heavy (non-hydrogen) atoms. The lowest BCUT2D eigenvalue weighted by molar-refractivity contribution is 0.0472. The summed E-state index contributed by atoms with van der Waals surface area (Å²) >= 11 is 0. The zero-order valence-electron chi connectivity index (χ0n) is 14.4. The minimum atomic E-state index is -0.410. The number of fused-ring (bicyclic) bond motifs is 1. The maximum atomic E-state index is 12.5. The highest BCUT2D eigenvalue weighted by molar-refractivity contribution is 6.04. The van der Waals surface area contributed by atoms with Crippen molar-refractivity contribution < 1.29 is 19.1 Å². The van der Waals surface area contributed by atoms with E-state index in [1.165, 1.54) is 6.92 Å². The van der Waals surface area contributed by atoms with Crippen LogP contribution in [0, 0.1) is 0 Å². The predicted octanol–water partition coefficient (Wildman–Crippen LogP) is 3.75. The van der Waals surface area contributed by atoms with Crippen LogP contribution in [-0.2, 0) is 18.4 Å². The van der Waals surface area contributed by atoms with Crippen molar-refractivity contribution in [3.63, 3.8) is 0 Å². The number of methoxy groups -OCH3 is 1. The molecule has 0 saturated heterocycles.